The van der Waals surface area contributed by atoms with E-state index in [0.717, 1.165) is 0 Å². The molecule has 80 valence electrons. The third-order valence-electron chi connectivity index (χ3n) is 1.58. The number of carbonyl (C=O) groups is 2. The van der Waals surface area contributed by atoms with E-state index in [0.29, 0.717) is 5.56 Å². The lowest BCUT2D eigenvalue weighted by Gasteiger charge is -2.16. The highest BCUT2D eigenvalue weighted by Gasteiger charge is 2.33. The first-order valence-corrected chi connectivity index (χ1v) is 6.08. The highest BCUT2D eigenvalue weighted by atomic mass is 127. The van der Waals surface area contributed by atoms with Gasteiger partial charge in [-0.15, -0.1) is 0 Å². The molecule has 0 radical (unpaired) electrons. The van der Waals surface area contributed by atoms with Crippen LogP contribution in [0.1, 0.15) is 10.4 Å². The summed E-state index contributed by atoms with van der Waals surface area (Å²) in [4.78, 5) is 22.3. The summed E-state index contributed by atoms with van der Waals surface area (Å²) < 4.78 is -1.32. The largest absolute Gasteiger partial charge is 0.478 e. The Balaban J connectivity index is 2.77. The minimum atomic E-state index is -1.32. The van der Waals surface area contributed by atoms with Crippen molar-refractivity contribution in [2.75, 3.05) is 0 Å². The zero-order chi connectivity index (χ0) is 11.5. The predicted octanol–water partition coefficient (Wildman–Crippen LogP) is 2.02. The fourth-order valence-electron chi connectivity index (χ4n) is 0.858. The fraction of sp³-hybridized carbons (Fsp3) is 0.111. The molecule has 0 aliphatic heterocycles. The number of hydrogen-bond acceptors (Lipinski definition) is 2. The second kappa shape index (κ2) is 5.10. The molecule has 2 N–H and O–H groups in total. The van der Waals surface area contributed by atoms with Crippen LogP contribution in [0.3, 0.4) is 0 Å². The van der Waals surface area contributed by atoms with Gasteiger partial charge in [-0.05, 0) is 57.3 Å². The maximum atomic E-state index is 11.6. The molecule has 0 aliphatic carbocycles. The van der Waals surface area contributed by atoms with E-state index in [4.69, 9.17) is 5.11 Å². The molecule has 4 nitrogen and oxygen atoms in total. The lowest BCUT2D eigenvalue weighted by molar-refractivity contribution is -0.136. The van der Waals surface area contributed by atoms with Gasteiger partial charge >= 0.3 is 5.97 Å². The molecule has 15 heavy (non-hydrogen) atoms. The summed E-state index contributed by atoms with van der Waals surface area (Å²) in [5.41, 5.74) is 0.441. The Kier molecular flexibility index (Phi) is 4.32. The zero-order valence-electron chi connectivity index (χ0n) is 7.41. The third-order valence-corrected chi connectivity index (χ3v) is 3.04. The van der Waals surface area contributed by atoms with Crippen LogP contribution in [0.25, 0.3) is 0 Å². The number of benzene rings is 1. The zero-order valence-corrected chi connectivity index (χ0v) is 11.7. The number of halogens is 2. The Morgan fingerprint density at radius 3 is 2.20 bits per heavy atom. The van der Waals surface area contributed by atoms with Crippen molar-refractivity contribution in [1.82, 2.24) is 5.32 Å². The fourth-order valence-corrected chi connectivity index (χ4v) is 1.35. The maximum absolute atomic E-state index is 11.6. The first kappa shape index (κ1) is 12.7. The van der Waals surface area contributed by atoms with Gasteiger partial charge in [-0.2, -0.15) is 0 Å². The van der Waals surface area contributed by atoms with E-state index >= 15 is 0 Å². The minimum Gasteiger partial charge on any atom is -0.478 e. The number of alkyl halides is 2. The Bertz CT molecular complexity index is 378. The summed E-state index contributed by atoms with van der Waals surface area (Å²) in [6.07, 6.45) is 0. The first-order valence-electron chi connectivity index (χ1n) is 3.92. The molecule has 1 amide bonds. The summed E-state index contributed by atoms with van der Waals surface area (Å²) in [7, 11) is 0. The lowest BCUT2D eigenvalue weighted by atomic mass is 10.2. The normalized spacial score (nSPS) is 10.8. The minimum absolute atomic E-state index is 0.401. The van der Waals surface area contributed by atoms with E-state index in [2.05, 4.69) is 5.32 Å². The molecule has 0 saturated carbocycles. The second-order valence-corrected chi connectivity index (χ2v) is 8.00. The Hall–Kier alpha value is -0.380. The predicted molar refractivity (Wildman–Crippen MR) is 72.3 cm³/mol. The molecule has 0 bridgehead atoms. The number of carboxylic acid groups (broad SMARTS) is 1. The second-order valence-electron chi connectivity index (χ2n) is 2.70. The van der Waals surface area contributed by atoms with Crippen molar-refractivity contribution >= 4 is 57.1 Å². The van der Waals surface area contributed by atoms with Crippen LogP contribution < -0.4 is 5.32 Å². The topological polar surface area (TPSA) is 66.4 Å². The number of aliphatic carboxylic acids is 1. The average molecular weight is 431 g/mol. The molecule has 0 aromatic heterocycles. The van der Waals surface area contributed by atoms with E-state index in [-0.39, 0.29) is 0 Å². The summed E-state index contributed by atoms with van der Waals surface area (Å²) in [6, 6.07) is 8.48. The molecule has 0 fully saturated rings. The smallest absolute Gasteiger partial charge is 0.350 e. The maximum Gasteiger partial charge on any atom is 0.350 e. The first-order chi connectivity index (χ1) is 6.93. The molecule has 0 atom stereocenters. The van der Waals surface area contributed by atoms with Crippen LogP contribution in [0.2, 0.25) is 0 Å². The molecule has 0 saturated heterocycles. The molecule has 1 rings (SSSR count). The van der Waals surface area contributed by atoms with E-state index in [1.807, 2.05) is 0 Å². The summed E-state index contributed by atoms with van der Waals surface area (Å²) in [5.74, 6) is -1.49. The average Bonchev–Trinajstić information content (AvgIpc) is 2.18. The monoisotopic (exact) mass is 431 g/mol. The number of hydrogen-bond donors (Lipinski definition) is 2. The van der Waals surface area contributed by atoms with Crippen LogP contribution >= 0.6 is 45.2 Å². The quantitative estimate of drug-likeness (QED) is 0.438. The van der Waals surface area contributed by atoms with Crippen LogP contribution in [0, 0.1) is 0 Å². The van der Waals surface area contributed by atoms with Gasteiger partial charge in [0.15, 0.2) is 0 Å². The SMILES string of the molecule is O=C(NC(I)(I)C(=O)O)c1ccccc1. The van der Waals surface area contributed by atoms with Gasteiger partial charge in [0.2, 0.25) is 1.55 Å². The molecule has 6 heteroatoms. The van der Waals surface area contributed by atoms with Crippen LogP contribution in [-0.2, 0) is 4.79 Å². The van der Waals surface area contributed by atoms with Crippen molar-refractivity contribution < 1.29 is 14.7 Å². The van der Waals surface area contributed by atoms with Crippen LogP contribution in [0.15, 0.2) is 30.3 Å². The summed E-state index contributed by atoms with van der Waals surface area (Å²) >= 11 is 3.33. The molecule has 1 aromatic rings. The van der Waals surface area contributed by atoms with Crippen LogP contribution in [-0.4, -0.2) is 18.5 Å². The third kappa shape index (κ3) is 3.59. The molecular weight excluding hydrogens is 424 g/mol. The van der Waals surface area contributed by atoms with Gasteiger partial charge in [0.05, 0.1) is 0 Å². The van der Waals surface area contributed by atoms with E-state index in [1.54, 1.807) is 75.5 Å². The van der Waals surface area contributed by atoms with E-state index in [1.165, 1.54) is 0 Å². The van der Waals surface area contributed by atoms with Crippen LogP contribution in [0.5, 0.6) is 0 Å². The molecular formula is C9H7I2NO3. The highest BCUT2D eigenvalue weighted by molar-refractivity contribution is 14.2. The number of nitrogens with one attached hydrogen (secondary N) is 1. The molecule has 1 aromatic carbocycles. The summed E-state index contributed by atoms with van der Waals surface area (Å²) in [5, 5.41) is 11.2. The number of carbonyl (C=O) groups excluding carboxylic acids is 1. The van der Waals surface area contributed by atoms with Crippen molar-refractivity contribution in [3.05, 3.63) is 35.9 Å². The van der Waals surface area contributed by atoms with Crippen molar-refractivity contribution in [3.63, 3.8) is 0 Å². The Labute approximate surface area is 114 Å². The van der Waals surface area contributed by atoms with Gasteiger partial charge in [-0.25, -0.2) is 4.79 Å². The van der Waals surface area contributed by atoms with Crippen molar-refractivity contribution in [1.29, 1.82) is 0 Å². The molecule has 0 spiro atoms. The van der Waals surface area contributed by atoms with Gasteiger partial charge in [0, 0.05) is 5.56 Å². The van der Waals surface area contributed by atoms with Gasteiger partial charge in [-0.1, -0.05) is 18.2 Å². The van der Waals surface area contributed by atoms with Crippen LogP contribution in [0.4, 0.5) is 0 Å². The van der Waals surface area contributed by atoms with Crippen molar-refractivity contribution in [3.8, 4) is 0 Å². The molecule has 0 aliphatic rings. The number of rotatable bonds is 3. The standard InChI is InChI=1S/C9H7I2NO3/c10-9(11,8(14)15)12-7(13)6-4-2-1-3-5-6/h1-5H,(H,12,13)(H,14,15). The number of amides is 1. The highest BCUT2D eigenvalue weighted by Crippen LogP contribution is 2.24. The van der Waals surface area contributed by atoms with E-state index < -0.39 is 13.4 Å². The van der Waals surface area contributed by atoms with Gasteiger partial charge < -0.3 is 10.4 Å². The van der Waals surface area contributed by atoms with Gasteiger partial charge in [-0.3, -0.25) is 4.79 Å². The van der Waals surface area contributed by atoms with Crippen molar-refractivity contribution in [2.24, 2.45) is 0 Å². The Morgan fingerprint density at radius 2 is 1.73 bits per heavy atom. The lowest BCUT2D eigenvalue weighted by Crippen LogP contribution is -2.44. The molecule has 0 unspecified atom stereocenters. The Morgan fingerprint density at radius 1 is 1.20 bits per heavy atom. The van der Waals surface area contributed by atoms with Crippen molar-refractivity contribution in [2.45, 2.75) is 1.55 Å². The van der Waals surface area contributed by atoms with E-state index in [9.17, 15) is 9.59 Å². The summed E-state index contributed by atoms with van der Waals surface area (Å²) in [6.45, 7) is 0. The van der Waals surface area contributed by atoms with Gasteiger partial charge in [0.25, 0.3) is 5.91 Å². The van der Waals surface area contributed by atoms with Gasteiger partial charge in [0.1, 0.15) is 0 Å². The number of carboxylic acids is 1. The molecule has 0 heterocycles.